The van der Waals surface area contributed by atoms with E-state index in [1.165, 1.54) is 0 Å². The first-order valence-corrected chi connectivity index (χ1v) is 5.65. The summed E-state index contributed by atoms with van der Waals surface area (Å²) in [5, 5.41) is 0. The van der Waals surface area contributed by atoms with Gasteiger partial charge >= 0.3 is 0 Å². The van der Waals surface area contributed by atoms with E-state index in [1.807, 2.05) is 44.3 Å². The Morgan fingerprint density at radius 1 is 1.18 bits per heavy atom. The number of nitrogens with two attached hydrogens (primary N) is 1. The van der Waals surface area contributed by atoms with E-state index in [-0.39, 0.29) is 0 Å². The van der Waals surface area contributed by atoms with Crippen molar-refractivity contribution in [3.63, 3.8) is 0 Å². The molecule has 0 unspecified atom stereocenters. The number of nitrogens with zero attached hydrogens (tertiary/aromatic N) is 1. The van der Waals surface area contributed by atoms with Crippen LogP contribution in [0.25, 0.3) is 11.1 Å². The fourth-order valence-electron chi connectivity index (χ4n) is 1.64. The van der Waals surface area contributed by atoms with Crippen LogP contribution in [0.1, 0.15) is 12.5 Å². The van der Waals surface area contributed by atoms with E-state index in [9.17, 15) is 0 Å². The Morgan fingerprint density at radius 2 is 2.00 bits per heavy atom. The molecule has 2 rings (SSSR count). The quantitative estimate of drug-likeness (QED) is 0.821. The highest BCUT2D eigenvalue weighted by molar-refractivity contribution is 5.69. The number of ether oxygens (including phenoxy) is 1. The number of nitrogen functional groups attached to an aromatic ring is 1. The van der Waals surface area contributed by atoms with Crippen molar-refractivity contribution >= 4 is 5.69 Å². The van der Waals surface area contributed by atoms with Crippen molar-refractivity contribution < 1.29 is 4.74 Å². The lowest BCUT2D eigenvalue weighted by Gasteiger charge is -2.07. The molecule has 0 amide bonds. The van der Waals surface area contributed by atoms with E-state index in [0.29, 0.717) is 6.61 Å². The highest BCUT2D eigenvalue weighted by atomic mass is 16.5. The van der Waals surface area contributed by atoms with Gasteiger partial charge in [-0.05, 0) is 37.1 Å². The van der Waals surface area contributed by atoms with Crippen LogP contribution in [0, 0.1) is 6.92 Å². The third kappa shape index (κ3) is 2.56. The molecule has 1 aromatic heterocycles. The second-order valence-electron chi connectivity index (χ2n) is 3.91. The molecule has 3 heteroatoms. The van der Waals surface area contributed by atoms with Crippen LogP contribution in [0.4, 0.5) is 5.69 Å². The Bertz CT molecular complexity index is 523. The minimum atomic E-state index is 0.640. The number of hydrogen-bond donors (Lipinski definition) is 1. The standard InChI is InChI=1S/C14H16N2O/c1-3-17-13-6-12(8-16-9-13)11-5-4-10(2)14(15)7-11/h4-9H,3,15H2,1-2H3. The molecule has 3 nitrogen and oxygen atoms in total. The van der Waals surface area contributed by atoms with Crippen molar-refractivity contribution in [1.29, 1.82) is 0 Å². The lowest BCUT2D eigenvalue weighted by atomic mass is 10.0. The van der Waals surface area contributed by atoms with E-state index >= 15 is 0 Å². The molecule has 0 atom stereocenters. The van der Waals surface area contributed by atoms with Gasteiger partial charge in [0.25, 0.3) is 0 Å². The van der Waals surface area contributed by atoms with Gasteiger partial charge in [-0.25, -0.2) is 0 Å². The summed E-state index contributed by atoms with van der Waals surface area (Å²) in [6.45, 7) is 4.59. The van der Waals surface area contributed by atoms with E-state index < -0.39 is 0 Å². The summed E-state index contributed by atoms with van der Waals surface area (Å²) in [5.74, 6) is 0.782. The Morgan fingerprint density at radius 3 is 2.71 bits per heavy atom. The van der Waals surface area contributed by atoms with Gasteiger partial charge in [0.15, 0.2) is 0 Å². The molecule has 0 saturated heterocycles. The minimum Gasteiger partial charge on any atom is -0.492 e. The third-order valence-corrected chi connectivity index (χ3v) is 2.64. The van der Waals surface area contributed by atoms with Crippen LogP contribution >= 0.6 is 0 Å². The second-order valence-corrected chi connectivity index (χ2v) is 3.91. The zero-order valence-corrected chi connectivity index (χ0v) is 10.1. The molecule has 1 heterocycles. The zero-order chi connectivity index (χ0) is 12.3. The monoisotopic (exact) mass is 228 g/mol. The summed E-state index contributed by atoms with van der Waals surface area (Å²) in [4.78, 5) is 4.17. The molecule has 17 heavy (non-hydrogen) atoms. The molecule has 0 saturated carbocycles. The summed E-state index contributed by atoms with van der Waals surface area (Å²) in [7, 11) is 0. The largest absolute Gasteiger partial charge is 0.492 e. The predicted molar refractivity (Wildman–Crippen MR) is 70.0 cm³/mol. The Balaban J connectivity index is 2.38. The molecule has 2 N–H and O–H groups in total. The Labute approximate surface area is 101 Å². The van der Waals surface area contributed by atoms with Gasteiger partial charge in [0.2, 0.25) is 0 Å². The minimum absolute atomic E-state index is 0.640. The summed E-state index contributed by atoms with van der Waals surface area (Å²) in [5.41, 5.74) is 9.86. The Hall–Kier alpha value is -2.03. The first-order valence-electron chi connectivity index (χ1n) is 5.65. The number of rotatable bonds is 3. The van der Waals surface area contributed by atoms with E-state index in [4.69, 9.17) is 10.5 Å². The van der Waals surface area contributed by atoms with Crippen molar-refractivity contribution in [3.05, 3.63) is 42.2 Å². The maximum absolute atomic E-state index is 5.90. The number of aryl methyl sites for hydroxylation is 1. The Kier molecular flexibility index (Phi) is 3.28. The lowest BCUT2D eigenvalue weighted by molar-refractivity contribution is 0.339. The number of benzene rings is 1. The molecule has 0 aliphatic rings. The first-order chi connectivity index (χ1) is 8.20. The number of pyridine rings is 1. The molecule has 0 spiro atoms. The van der Waals surface area contributed by atoms with Gasteiger partial charge in [-0.1, -0.05) is 12.1 Å². The number of hydrogen-bond acceptors (Lipinski definition) is 3. The van der Waals surface area contributed by atoms with Gasteiger partial charge < -0.3 is 10.5 Å². The van der Waals surface area contributed by atoms with Crippen molar-refractivity contribution in [2.45, 2.75) is 13.8 Å². The molecule has 0 fully saturated rings. The summed E-state index contributed by atoms with van der Waals surface area (Å²) in [6, 6.07) is 7.99. The van der Waals surface area contributed by atoms with Gasteiger partial charge in [-0.3, -0.25) is 4.98 Å². The van der Waals surface area contributed by atoms with Crippen LogP contribution < -0.4 is 10.5 Å². The average Bonchev–Trinajstić information content (AvgIpc) is 2.33. The molecule has 2 aromatic rings. The topological polar surface area (TPSA) is 48.1 Å². The van der Waals surface area contributed by atoms with Crippen LogP contribution in [0.2, 0.25) is 0 Å². The summed E-state index contributed by atoms with van der Waals surface area (Å²) in [6.07, 6.45) is 3.52. The van der Waals surface area contributed by atoms with Crippen LogP contribution in [0.15, 0.2) is 36.7 Å². The van der Waals surface area contributed by atoms with Crippen LogP contribution in [-0.4, -0.2) is 11.6 Å². The fraction of sp³-hybridized carbons (Fsp3) is 0.214. The van der Waals surface area contributed by atoms with Gasteiger partial charge in [0, 0.05) is 17.4 Å². The summed E-state index contributed by atoms with van der Waals surface area (Å²) >= 11 is 0. The SMILES string of the molecule is CCOc1cncc(-c2ccc(C)c(N)c2)c1. The van der Waals surface area contributed by atoms with Gasteiger partial charge in [0.05, 0.1) is 12.8 Å². The van der Waals surface area contributed by atoms with E-state index in [2.05, 4.69) is 4.98 Å². The smallest absolute Gasteiger partial charge is 0.138 e. The maximum atomic E-state index is 5.90. The van der Waals surface area contributed by atoms with Crippen molar-refractivity contribution in [3.8, 4) is 16.9 Å². The zero-order valence-electron chi connectivity index (χ0n) is 10.1. The van der Waals surface area contributed by atoms with Gasteiger partial charge in [0.1, 0.15) is 5.75 Å². The van der Waals surface area contributed by atoms with Crippen LogP contribution in [-0.2, 0) is 0 Å². The molecule has 0 aliphatic heterocycles. The molecular formula is C14H16N2O. The normalized spacial score (nSPS) is 10.2. The molecule has 0 radical (unpaired) electrons. The van der Waals surface area contributed by atoms with Crippen LogP contribution in [0.3, 0.4) is 0 Å². The van der Waals surface area contributed by atoms with Gasteiger partial charge in [-0.15, -0.1) is 0 Å². The fourth-order valence-corrected chi connectivity index (χ4v) is 1.64. The van der Waals surface area contributed by atoms with Crippen LogP contribution in [0.5, 0.6) is 5.75 Å². The molecule has 88 valence electrons. The number of aromatic nitrogens is 1. The highest BCUT2D eigenvalue weighted by Gasteiger charge is 2.02. The van der Waals surface area contributed by atoms with Crippen molar-refractivity contribution in [2.75, 3.05) is 12.3 Å². The van der Waals surface area contributed by atoms with E-state index in [1.54, 1.807) is 6.20 Å². The third-order valence-electron chi connectivity index (χ3n) is 2.64. The molecular weight excluding hydrogens is 212 g/mol. The number of anilines is 1. The van der Waals surface area contributed by atoms with E-state index in [0.717, 1.165) is 28.1 Å². The maximum Gasteiger partial charge on any atom is 0.138 e. The lowest BCUT2D eigenvalue weighted by Crippen LogP contribution is -1.93. The molecule has 1 aromatic carbocycles. The molecule has 0 aliphatic carbocycles. The summed E-state index contributed by atoms with van der Waals surface area (Å²) < 4.78 is 5.43. The highest BCUT2D eigenvalue weighted by Crippen LogP contribution is 2.25. The second kappa shape index (κ2) is 4.87. The average molecular weight is 228 g/mol. The van der Waals surface area contributed by atoms with Gasteiger partial charge in [-0.2, -0.15) is 0 Å². The predicted octanol–water partition coefficient (Wildman–Crippen LogP) is 3.04. The first kappa shape index (κ1) is 11.5. The molecule has 0 bridgehead atoms. The van der Waals surface area contributed by atoms with Crippen molar-refractivity contribution in [1.82, 2.24) is 4.98 Å². The van der Waals surface area contributed by atoms with Crippen molar-refractivity contribution in [2.24, 2.45) is 0 Å².